The third-order valence-electron chi connectivity index (χ3n) is 3.83. The SMILES string of the molecule is CCOC(=O)N1CCC(N(CC(=O)NCC(C)C)S(C)(=O)=O)CC1. The molecule has 1 N–H and O–H groups in total. The fraction of sp³-hybridized carbons (Fsp3) is 0.867. The molecule has 8 nitrogen and oxygen atoms in total. The molecule has 0 aliphatic carbocycles. The van der Waals surface area contributed by atoms with E-state index in [9.17, 15) is 18.0 Å². The number of ether oxygens (including phenoxy) is 1. The molecule has 1 fully saturated rings. The van der Waals surface area contributed by atoms with Crippen molar-refractivity contribution in [3.05, 3.63) is 0 Å². The third kappa shape index (κ3) is 6.64. The van der Waals surface area contributed by atoms with Gasteiger partial charge in [0.1, 0.15) is 0 Å². The number of piperidine rings is 1. The molecule has 9 heteroatoms. The maximum atomic E-state index is 12.1. The third-order valence-corrected chi connectivity index (χ3v) is 5.11. The summed E-state index contributed by atoms with van der Waals surface area (Å²) in [5.74, 6) is -0.00426. The predicted octanol–water partition coefficient (Wildman–Crippen LogP) is 0.641. The Hall–Kier alpha value is -1.35. The number of amides is 2. The molecule has 24 heavy (non-hydrogen) atoms. The highest BCUT2D eigenvalue weighted by molar-refractivity contribution is 7.88. The van der Waals surface area contributed by atoms with Gasteiger partial charge in [0.15, 0.2) is 0 Å². The smallest absolute Gasteiger partial charge is 0.409 e. The highest BCUT2D eigenvalue weighted by Gasteiger charge is 2.33. The quantitative estimate of drug-likeness (QED) is 0.716. The van der Waals surface area contributed by atoms with Crippen LogP contribution in [0, 0.1) is 5.92 Å². The van der Waals surface area contributed by atoms with Crippen LogP contribution in [0.4, 0.5) is 4.79 Å². The van der Waals surface area contributed by atoms with E-state index in [0.29, 0.717) is 45.0 Å². The minimum Gasteiger partial charge on any atom is -0.450 e. The first-order chi connectivity index (χ1) is 11.1. The van der Waals surface area contributed by atoms with E-state index >= 15 is 0 Å². The summed E-state index contributed by atoms with van der Waals surface area (Å²) in [5.41, 5.74) is 0. The normalized spacial score (nSPS) is 16.5. The van der Waals surface area contributed by atoms with E-state index < -0.39 is 10.0 Å². The first kappa shape index (κ1) is 20.7. The van der Waals surface area contributed by atoms with Gasteiger partial charge in [0, 0.05) is 25.7 Å². The van der Waals surface area contributed by atoms with E-state index in [1.807, 2.05) is 13.8 Å². The molecule has 0 spiro atoms. The molecule has 0 unspecified atom stereocenters. The lowest BCUT2D eigenvalue weighted by atomic mass is 10.1. The number of carbonyl (C=O) groups is 2. The summed E-state index contributed by atoms with van der Waals surface area (Å²) >= 11 is 0. The van der Waals surface area contributed by atoms with Gasteiger partial charge >= 0.3 is 6.09 Å². The van der Waals surface area contributed by atoms with Gasteiger partial charge in [0.25, 0.3) is 0 Å². The Morgan fingerprint density at radius 3 is 2.33 bits per heavy atom. The first-order valence-corrected chi connectivity index (χ1v) is 10.1. The molecular weight excluding hydrogens is 334 g/mol. The van der Waals surface area contributed by atoms with E-state index in [4.69, 9.17) is 4.74 Å². The lowest BCUT2D eigenvalue weighted by molar-refractivity contribution is -0.121. The van der Waals surface area contributed by atoms with Crippen molar-refractivity contribution in [2.75, 3.05) is 39.0 Å². The molecule has 1 aliphatic heterocycles. The zero-order chi connectivity index (χ0) is 18.3. The second kappa shape index (κ2) is 9.22. The monoisotopic (exact) mass is 363 g/mol. The molecule has 1 aliphatic rings. The van der Waals surface area contributed by atoms with Gasteiger partial charge in [-0.25, -0.2) is 13.2 Å². The van der Waals surface area contributed by atoms with Crippen molar-refractivity contribution in [2.24, 2.45) is 5.92 Å². The van der Waals surface area contributed by atoms with Crippen molar-refractivity contribution in [1.29, 1.82) is 0 Å². The molecule has 0 aromatic rings. The topological polar surface area (TPSA) is 96.0 Å². The Morgan fingerprint density at radius 1 is 1.29 bits per heavy atom. The van der Waals surface area contributed by atoms with Crippen LogP contribution in [0.25, 0.3) is 0 Å². The molecule has 2 amide bonds. The van der Waals surface area contributed by atoms with Crippen molar-refractivity contribution in [1.82, 2.24) is 14.5 Å². The highest BCUT2D eigenvalue weighted by atomic mass is 32.2. The molecule has 1 heterocycles. The Bertz CT molecular complexity index is 527. The maximum absolute atomic E-state index is 12.1. The Kier molecular flexibility index (Phi) is 7.95. The van der Waals surface area contributed by atoms with Gasteiger partial charge in [-0.3, -0.25) is 4.79 Å². The van der Waals surface area contributed by atoms with E-state index in [0.717, 1.165) is 6.26 Å². The number of hydrogen-bond acceptors (Lipinski definition) is 5. The molecule has 0 bridgehead atoms. The first-order valence-electron chi connectivity index (χ1n) is 8.30. The van der Waals surface area contributed by atoms with Crippen LogP contribution >= 0.6 is 0 Å². The highest BCUT2D eigenvalue weighted by Crippen LogP contribution is 2.19. The summed E-state index contributed by atoms with van der Waals surface area (Å²) in [7, 11) is -3.51. The molecule has 0 aromatic heterocycles. The average molecular weight is 363 g/mol. The number of sulfonamides is 1. The number of likely N-dealkylation sites (tertiary alicyclic amines) is 1. The molecular formula is C15H29N3O5S. The minimum atomic E-state index is -3.51. The largest absolute Gasteiger partial charge is 0.450 e. The van der Waals surface area contributed by atoms with Crippen molar-refractivity contribution < 1.29 is 22.7 Å². The van der Waals surface area contributed by atoms with Crippen molar-refractivity contribution in [2.45, 2.75) is 39.7 Å². The van der Waals surface area contributed by atoms with E-state index in [-0.39, 0.29) is 24.6 Å². The van der Waals surface area contributed by atoms with Gasteiger partial charge in [-0.2, -0.15) is 4.31 Å². The summed E-state index contributed by atoms with van der Waals surface area (Å²) in [6.07, 6.45) is 1.71. The summed E-state index contributed by atoms with van der Waals surface area (Å²) < 4.78 is 30.3. The zero-order valence-electron chi connectivity index (χ0n) is 14.9. The van der Waals surface area contributed by atoms with Crippen LogP contribution in [0.5, 0.6) is 0 Å². The molecule has 0 aromatic carbocycles. The second-order valence-corrected chi connectivity index (χ2v) is 8.36. The number of hydrogen-bond donors (Lipinski definition) is 1. The molecule has 1 saturated heterocycles. The minimum absolute atomic E-state index is 0.185. The predicted molar refractivity (Wildman–Crippen MR) is 91.0 cm³/mol. The van der Waals surface area contributed by atoms with Crippen molar-refractivity contribution >= 4 is 22.0 Å². The lowest BCUT2D eigenvalue weighted by Crippen LogP contribution is -2.51. The summed E-state index contributed by atoms with van der Waals surface area (Å²) in [6, 6.07) is -0.282. The number of carbonyl (C=O) groups excluding carboxylic acids is 2. The van der Waals surface area contributed by atoms with Gasteiger partial charge < -0.3 is 15.0 Å². The fourth-order valence-electron chi connectivity index (χ4n) is 2.58. The number of rotatable bonds is 7. The van der Waals surface area contributed by atoms with Crippen molar-refractivity contribution in [3.8, 4) is 0 Å². The average Bonchev–Trinajstić information content (AvgIpc) is 2.50. The summed E-state index contributed by atoms with van der Waals surface area (Å²) in [6.45, 7) is 7.16. The standard InChI is InChI=1S/C15H29N3O5S/c1-5-23-15(20)17-8-6-13(7-9-17)18(24(4,21)22)11-14(19)16-10-12(2)3/h12-13H,5-11H2,1-4H3,(H,16,19). The van der Waals surface area contributed by atoms with Gasteiger partial charge in [-0.15, -0.1) is 0 Å². The van der Waals surface area contributed by atoms with Crippen molar-refractivity contribution in [3.63, 3.8) is 0 Å². The van der Waals surface area contributed by atoms with Crippen LogP contribution in [0.3, 0.4) is 0 Å². The molecule has 1 rings (SSSR count). The summed E-state index contributed by atoms with van der Waals surface area (Å²) in [4.78, 5) is 25.3. The number of nitrogens with one attached hydrogen (secondary N) is 1. The number of nitrogens with zero attached hydrogens (tertiary/aromatic N) is 2. The Balaban J connectivity index is 2.65. The van der Waals surface area contributed by atoms with Crippen LogP contribution in [0.1, 0.15) is 33.6 Å². The van der Waals surface area contributed by atoms with Gasteiger partial charge in [-0.1, -0.05) is 13.8 Å². The van der Waals surface area contributed by atoms with Crippen LogP contribution in [-0.4, -0.2) is 74.7 Å². The Labute approximate surface area is 144 Å². The van der Waals surface area contributed by atoms with Crippen LogP contribution in [-0.2, 0) is 19.6 Å². The fourth-order valence-corrected chi connectivity index (χ4v) is 3.69. The molecule has 0 atom stereocenters. The van der Waals surface area contributed by atoms with Gasteiger partial charge in [0.2, 0.25) is 15.9 Å². The molecule has 0 saturated carbocycles. The van der Waals surface area contributed by atoms with Crippen LogP contribution in [0.2, 0.25) is 0 Å². The lowest BCUT2D eigenvalue weighted by Gasteiger charge is -2.36. The maximum Gasteiger partial charge on any atom is 0.409 e. The van der Waals surface area contributed by atoms with Gasteiger partial charge in [0.05, 0.1) is 19.4 Å². The Morgan fingerprint density at radius 2 is 1.88 bits per heavy atom. The van der Waals surface area contributed by atoms with E-state index in [2.05, 4.69) is 5.32 Å². The van der Waals surface area contributed by atoms with Crippen LogP contribution in [0.15, 0.2) is 0 Å². The molecule has 0 radical (unpaired) electrons. The summed E-state index contributed by atoms with van der Waals surface area (Å²) in [5, 5.41) is 2.74. The van der Waals surface area contributed by atoms with E-state index in [1.54, 1.807) is 11.8 Å². The van der Waals surface area contributed by atoms with Gasteiger partial charge in [-0.05, 0) is 25.7 Å². The second-order valence-electron chi connectivity index (χ2n) is 6.42. The van der Waals surface area contributed by atoms with Crippen LogP contribution < -0.4 is 5.32 Å². The molecule has 140 valence electrons. The van der Waals surface area contributed by atoms with E-state index in [1.165, 1.54) is 4.31 Å². The zero-order valence-corrected chi connectivity index (χ0v) is 15.8.